The molecule has 2 rings (SSSR count). The van der Waals surface area contributed by atoms with Gasteiger partial charge >= 0.3 is 0 Å². The van der Waals surface area contributed by atoms with E-state index in [4.69, 9.17) is 0 Å². The second-order valence-electron chi connectivity index (χ2n) is 3.46. The Balaban J connectivity index is 2.22. The summed E-state index contributed by atoms with van der Waals surface area (Å²) < 4.78 is 26.3. The fourth-order valence-electron chi connectivity index (χ4n) is 1.32. The molecule has 0 bridgehead atoms. The van der Waals surface area contributed by atoms with Gasteiger partial charge in [-0.05, 0) is 24.3 Å². The molecule has 0 fully saturated rings. The molecule has 0 aliphatic heterocycles. The van der Waals surface area contributed by atoms with E-state index in [1.54, 1.807) is 31.3 Å². The van der Waals surface area contributed by atoms with Gasteiger partial charge in [-0.1, -0.05) is 6.07 Å². The van der Waals surface area contributed by atoms with E-state index >= 15 is 0 Å². The van der Waals surface area contributed by atoms with Crippen molar-refractivity contribution in [1.82, 2.24) is 9.97 Å². The van der Waals surface area contributed by atoms with Crippen LogP contribution in [0.3, 0.4) is 0 Å². The number of pyridine rings is 2. The molecule has 2 heterocycles. The Labute approximate surface area is 105 Å². The smallest absolute Gasteiger partial charge is 0.279 e. The van der Waals surface area contributed by atoms with Crippen molar-refractivity contribution in [3.8, 4) is 0 Å². The molecule has 2 aromatic rings. The number of nitrogens with zero attached hydrogens (tertiary/aromatic N) is 2. The average Bonchev–Trinajstić information content (AvgIpc) is 2.40. The molecule has 7 heteroatoms. The molecule has 0 spiro atoms. The van der Waals surface area contributed by atoms with Crippen molar-refractivity contribution in [1.29, 1.82) is 0 Å². The zero-order valence-corrected chi connectivity index (χ0v) is 10.5. The summed E-state index contributed by atoms with van der Waals surface area (Å²) in [5.74, 6) is 0.663. The molecule has 0 unspecified atom stereocenters. The minimum absolute atomic E-state index is 0.0253. The third-order valence-corrected chi connectivity index (χ3v) is 3.48. The van der Waals surface area contributed by atoms with Gasteiger partial charge in [-0.3, -0.25) is 4.72 Å². The molecule has 0 saturated carbocycles. The first-order valence-corrected chi connectivity index (χ1v) is 6.68. The van der Waals surface area contributed by atoms with Crippen LogP contribution in [0.25, 0.3) is 0 Å². The molecule has 0 amide bonds. The molecular formula is C11H12N4O2S. The number of hydrogen-bond acceptors (Lipinski definition) is 5. The van der Waals surface area contributed by atoms with Gasteiger partial charge in [-0.25, -0.2) is 9.97 Å². The highest BCUT2D eigenvalue weighted by Gasteiger charge is 2.14. The van der Waals surface area contributed by atoms with Gasteiger partial charge < -0.3 is 5.32 Å². The van der Waals surface area contributed by atoms with Gasteiger partial charge in [-0.2, -0.15) is 8.42 Å². The van der Waals surface area contributed by atoms with E-state index in [1.165, 1.54) is 18.5 Å². The summed E-state index contributed by atoms with van der Waals surface area (Å²) in [6.45, 7) is 0. The maximum atomic E-state index is 11.9. The lowest BCUT2D eigenvalue weighted by Gasteiger charge is -2.07. The second-order valence-corrected chi connectivity index (χ2v) is 5.08. The largest absolute Gasteiger partial charge is 0.373 e. The lowest BCUT2D eigenvalue weighted by molar-refractivity contribution is 0.597. The van der Waals surface area contributed by atoms with Crippen LogP contribution in [0.4, 0.5) is 11.5 Å². The zero-order valence-electron chi connectivity index (χ0n) is 9.66. The van der Waals surface area contributed by atoms with Gasteiger partial charge in [-0.15, -0.1) is 0 Å². The van der Waals surface area contributed by atoms with Crippen LogP contribution in [-0.4, -0.2) is 25.4 Å². The lowest BCUT2D eigenvalue weighted by Crippen LogP contribution is -2.14. The molecule has 18 heavy (non-hydrogen) atoms. The van der Waals surface area contributed by atoms with E-state index in [0.717, 1.165) is 0 Å². The third kappa shape index (κ3) is 2.75. The Kier molecular flexibility index (Phi) is 3.42. The first-order chi connectivity index (χ1) is 8.62. The van der Waals surface area contributed by atoms with Crippen LogP contribution in [0.2, 0.25) is 0 Å². The van der Waals surface area contributed by atoms with E-state index in [-0.39, 0.29) is 5.03 Å². The van der Waals surface area contributed by atoms with Crippen LogP contribution in [0, 0.1) is 0 Å². The minimum Gasteiger partial charge on any atom is -0.373 e. The van der Waals surface area contributed by atoms with Crippen LogP contribution >= 0.6 is 0 Å². The number of nitrogens with one attached hydrogen (secondary N) is 2. The molecule has 2 N–H and O–H groups in total. The highest BCUT2D eigenvalue weighted by Crippen LogP contribution is 2.14. The molecule has 0 aliphatic rings. The van der Waals surface area contributed by atoms with Gasteiger partial charge in [0.2, 0.25) is 0 Å². The maximum Gasteiger partial charge on any atom is 0.279 e. The van der Waals surface area contributed by atoms with Crippen molar-refractivity contribution in [2.75, 3.05) is 17.1 Å². The first-order valence-electron chi connectivity index (χ1n) is 5.19. The van der Waals surface area contributed by atoms with Crippen molar-refractivity contribution in [2.24, 2.45) is 0 Å². The highest BCUT2D eigenvalue weighted by molar-refractivity contribution is 7.92. The summed E-state index contributed by atoms with van der Waals surface area (Å²) in [6.07, 6.45) is 2.86. The number of anilines is 2. The molecule has 0 atom stereocenters. The summed E-state index contributed by atoms with van der Waals surface area (Å²) in [7, 11) is -1.92. The standard InChI is InChI=1S/C11H12N4O2S/c1-12-10-6-5-9(8-14-10)15-18(16,17)11-4-2-3-7-13-11/h2-8,15H,1H3,(H,12,14). The van der Waals surface area contributed by atoms with E-state index in [2.05, 4.69) is 20.0 Å². The third-order valence-electron chi connectivity index (χ3n) is 2.18. The number of hydrogen-bond donors (Lipinski definition) is 2. The molecule has 0 aliphatic carbocycles. The number of sulfonamides is 1. The van der Waals surface area contributed by atoms with Crippen molar-refractivity contribution >= 4 is 21.5 Å². The molecule has 2 aromatic heterocycles. The first kappa shape index (κ1) is 12.3. The van der Waals surface area contributed by atoms with Crippen molar-refractivity contribution in [3.63, 3.8) is 0 Å². The van der Waals surface area contributed by atoms with Crippen LogP contribution in [0.1, 0.15) is 0 Å². The Bertz CT molecular complexity index is 611. The molecule has 94 valence electrons. The monoisotopic (exact) mass is 264 g/mol. The van der Waals surface area contributed by atoms with Crippen molar-refractivity contribution in [2.45, 2.75) is 5.03 Å². The summed E-state index contributed by atoms with van der Waals surface area (Å²) in [6, 6.07) is 8.00. The van der Waals surface area contributed by atoms with E-state index in [9.17, 15) is 8.42 Å². The van der Waals surface area contributed by atoms with Crippen LogP contribution in [-0.2, 0) is 10.0 Å². The summed E-state index contributed by atoms with van der Waals surface area (Å²) >= 11 is 0. The minimum atomic E-state index is -3.65. The van der Waals surface area contributed by atoms with Crippen molar-refractivity contribution < 1.29 is 8.42 Å². The van der Waals surface area contributed by atoms with Crippen LogP contribution in [0.5, 0.6) is 0 Å². The summed E-state index contributed by atoms with van der Waals surface area (Å²) in [5.41, 5.74) is 0.389. The lowest BCUT2D eigenvalue weighted by atomic mass is 10.4. The molecule has 0 radical (unpaired) electrons. The van der Waals surface area contributed by atoms with E-state index in [0.29, 0.717) is 11.5 Å². The fraction of sp³-hybridized carbons (Fsp3) is 0.0909. The molecule has 6 nitrogen and oxygen atoms in total. The number of rotatable bonds is 4. The predicted molar refractivity (Wildman–Crippen MR) is 68.8 cm³/mol. The normalized spacial score (nSPS) is 10.9. The Morgan fingerprint density at radius 2 is 1.94 bits per heavy atom. The maximum absolute atomic E-state index is 11.9. The second kappa shape index (κ2) is 5.01. The number of aromatic nitrogens is 2. The van der Waals surface area contributed by atoms with Crippen LogP contribution in [0.15, 0.2) is 47.8 Å². The fourth-order valence-corrected chi connectivity index (χ4v) is 2.31. The Hall–Kier alpha value is -2.15. The van der Waals surface area contributed by atoms with E-state index in [1.807, 2.05) is 0 Å². The zero-order chi connectivity index (χ0) is 13.0. The summed E-state index contributed by atoms with van der Waals surface area (Å²) in [5, 5.41) is 2.82. The topological polar surface area (TPSA) is 84.0 Å². The Morgan fingerprint density at radius 1 is 1.11 bits per heavy atom. The average molecular weight is 264 g/mol. The van der Waals surface area contributed by atoms with Gasteiger partial charge in [0, 0.05) is 13.2 Å². The quantitative estimate of drug-likeness (QED) is 0.870. The van der Waals surface area contributed by atoms with Crippen LogP contribution < -0.4 is 10.0 Å². The highest BCUT2D eigenvalue weighted by atomic mass is 32.2. The van der Waals surface area contributed by atoms with Crippen molar-refractivity contribution in [3.05, 3.63) is 42.7 Å². The molecule has 0 aromatic carbocycles. The van der Waals surface area contributed by atoms with Gasteiger partial charge in [0.05, 0.1) is 11.9 Å². The molecule has 0 saturated heterocycles. The van der Waals surface area contributed by atoms with Gasteiger partial charge in [0.15, 0.2) is 5.03 Å². The SMILES string of the molecule is CNc1ccc(NS(=O)(=O)c2ccccn2)cn1. The van der Waals surface area contributed by atoms with Gasteiger partial charge in [0.1, 0.15) is 5.82 Å². The van der Waals surface area contributed by atoms with Gasteiger partial charge in [0.25, 0.3) is 10.0 Å². The predicted octanol–water partition coefficient (Wildman–Crippen LogP) is 1.32. The summed E-state index contributed by atoms with van der Waals surface area (Å²) in [4.78, 5) is 7.81. The van der Waals surface area contributed by atoms with E-state index < -0.39 is 10.0 Å². The Morgan fingerprint density at radius 3 is 2.50 bits per heavy atom. The molecular weight excluding hydrogens is 252 g/mol.